The van der Waals surface area contributed by atoms with Crippen LogP contribution >= 0.6 is 12.4 Å². The van der Waals surface area contributed by atoms with E-state index in [1.54, 1.807) is 4.31 Å². The van der Waals surface area contributed by atoms with Crippen molar-refractivity contribution >= 4 is 33.3 Å². The molecular weight excluding hydrogens is 358 g/mol. The number of hydrogen-bond acceptors (Lipinski definition) is 3. The van der Waals surface area contributed by atoms with Crippen molar-refractivity contribution in [2.45, 2.75) is 31.4 Å². The molecule has 1 aromatic heterocycles. The molecule has 0 atom stereocenters. The molecule has 0 radical (unpaired) electrons. The molecule has 0 spiro atoms. The zero-order chi connectivity index (χ0) is 17.2. The highest BCUT2D eigenvalue weighted by Gasteiger charge is 2.24. The van der Waals surface area contributed by atoms with Gasteiger partial charge in [0.15, 0.2) is 0 Å². The Morgan fingerprint density at radius 3 is 2.56 bits per heavy atom. The summed E-state index contributed by atoms with van der Waals surface area (Å²) in [5.41, 5.74) is 3.19. The van der Waals surface area contributed by atoms with Crippen LogP contribution in [0.15, 0.2) is 24.4 Å². The molecule has 5 nitrogen and oxygen atoms in total. The number of rotatable bonds is 6. The molecule has 1 saturated heterocycles. The third-order valence-electron chi connectivity index (χ3n) is 4.72. The molecule has 2 aromatic rings. The van der Waals surface area contributed by atoms with E-state index in [-0.39, 0.29) is 18.2 Å². The van der Waals surface area contributed by atoms with Gasteiger partial charge in [-0.05, 0) is 56.6 Å². The molecule has 25 heavy (non-hydrogen) atoms. The van der Waals surface area contributed by atoms with Crippen molar-refractivity contribution in [3.63, 3.8) is 0 Å². The molecular formula is C18H28ClN3O2S. The fraction of sp³-hybridized carbons (Fsp3) is 0.556. The maximum atomic E-state index is 12.6. The molecule has 3 rings (SSSR count). The Morgan fingerprint density at radius 2 is 1.88 bits per heavy atom. The second-order valence-corrected chi connectivity index (χ2v) is 8.93. The second kappa shape index (κ2) is 8.54. The lowest BCUT2D eigenvalue weighted by atomic mass is 10.1. The first-order chi connectivity index (χ1) is 11.5. The molecule has 1 aliphatic heterocycles. The van der Waals surface area contributed by atoms with Crippen LogP contribution in [0.5, 0.6) is 0 Å². The maximum absolute atomic E-state index is 12.6. The van der Waals surface area contributed by atoms with Crippen molar-refractivity contribution in [1.29, 1.82) is 0 Å². The molecule has 1 N–H and O–H groups in total. The van der Waals surface area contributed by atoms with Crippen LogP contribution in [0.2, 0.25) is 0 Å². The first-order valence-electron chi connectivity index (χ1n) is 8.67. The summed E-state index contributed by atoms with van der Waals surface area (Å²) in [4.78, 5) is 5.44. The van der Waals surface area contributed by atoms with Gasteiger partial charge in [0.05, 0.1) is 5.75 Å². The Kier molecular flexibility index (Phi) is 6.91. The molecule has 1 aromatic carbocycles. The highest BCUT2D eigenvalue weighted by Crippen LogP contribution is 2.23. The van der Waals surface area contributed by atoms with E-state index in [2.05, 4.69) is 24.0 Å². The fourth-order valence-corrected chi connectivity index (χ4v) is 4.91. The monoisotopic (exact) mass is 385 g/mol. The van der Waals surface area contributed by atoms with Gasteiger partial charge in [0.1, 0.15) is 0 Å². The van der Waals surface area contributed by atoms with E-state index in [0.717, 1.165) is 48.7 Å². The number of nitrogens with one attached hydrogen (secondary N) is 1. The van der Waals surface area contributed by atoms with E-state index < -0.39 is 10.0 Å². The molecule has 7 heteroatoms. The van der Waals surface area contributed by atoms with Crippen LogP contribution in [-0.4, -0.2) is 56.3 Å². The largest absolute Gasteiger partial charge is 0.361 e. The van der Waals surface area contributed by atoms with Crippen LogP contribution in [0, 0.1) is 0 Å². The highest BCUT2D eigenvalue weighted by atomic mass is 35.5. The number of fused-ring (bicyclic) bond motifs is 1. The normalized spacial score (nSPS) is 16.3. The van der Waals surface area contributed by atoms with Crippen molar-refractivity contribution in [3.8, 4) is 0 Å². The van der Waals surface area contributed by atoms with Gasteiger partial charge < -0.3 is 9.88 Å². The summed E-state index contributed by atoms with van der Waals surface area (Å²) >= 11 is 0. The number of nitrogens with zero attached hydrogens (tertiary/aromatic N) is 2. The average molecular weight is 386 g/mol. The minimum absolute atomic E-state index is 0. The minimum atomic E-state index is -3.21. The van der Waals surface area contributed by atoms with Gasteiger partial charge in [0.2, 0.25) is 10.0 Å². The van der Waals surface area contributed by atoms with Gasteiger partial charge in [-0.3, -0.25) is 0 Å². The van der Waals surface area contributed by atoms with Crippen molar-refractivity contribution in [1.82, 2.24) is 14.2 Å². The van der Waals surface area contributed by atoms with E-state index in [4.69, 9.17) is 0 Å². The van der Waals surface area contributed by atoms with Crippen LogP contribution in [0.1, 0.15) is 30.4 Å². The van der Waals surface area contributed by atoms with Gasteiger partial charge in [-0.25, -0.2) is 12.7 Å². The van der Waals surface area contributed by atoms with E-state index >= 15 is 0 Å². The number of sulfonamides is 1. The number of aromatic amines is 1. The summed E-state index contributed by atoms with van der Waals surface area (Å²) in [7, 11) is 0.910. The standard InChI is InChI=1S/C18H27N3O2S.ClH/c1-20(2)11-8-16-13-19-18-7-6-15(12-17(16)18)14-24(22,23)21-9-4-3-5-10-21;/h6-7,12-13,19H,3-5,8-11,14H2,1-2H3;1H. The first kappa shape index (κ1) is 20.2. The molecule has 1 aliphatic rings. The first-order valence-corrected chi connectivity index (χ1v) is 10.3. The van der Waals surface area contributed by atoms with Gasteiger partial charge in [0.25, 0.3) is 0 Å². The number of aromatic nitrogens is 1. The summed E-state index contributed by atoms with van der Waals surface area (Å²) in [6.07, 6.45) is 6.08. The maximum Gasteiger partial charge on any atom is 0.218 e. The lowest BCUT2D eigenvalue weighted by Gasteiger charge is -2.25. The number of piperidine rings is 1. The second-order valence-electron chi connectivity index (χ2n) is 6.96. The molecule has 140 valence electrons. The molecule has 2 heterocycles. The highest BCUT2D eigenvalue weighted by molar-refractivity contribution is 7.88. The molecule has 0 amide bonds. The third-order valence-corrected chi connectivity index (χ3v) is 6.57. The lowest BCUT2D eigenvalue weighted by molar-refractivity contribution is 0.346. The SMILES string of the molecule is CN(C)CCc1c[nH]c2ccc(CS(=O)(=O)N3CCCCC3)cc12.Cl. The smallest absolute Gasteiger partial charge is 0.218 e. The number of H-pyrrole nitrogens is 1. The zero-order valence-electron chi connectivity index (χ0n) is 15.0. The van der Waals surface area contributed by atoms with Gasteiger partial charge in [0, 0.05) is 36.7 Å². The minimum Gasteiger partial charge on any atom is -0.361 e. The molecule has 0 unspecified atom stereocenters. The molecule has 0 aliphatic carbocycles. The number of likely N-dealkylation sites (N-methyl/N-ethyl adjacent to an activating group) is 1. The van der Waals surface area contributed by atoms with Crippen LogP contribution in [0.3, 0.4) is 0 Å². The van der Waals surface area contributed by atoms with E-state index in [9.17, 15) is 8.42 Å². The topological polar surface area (TPSA) is 56.4 Å². The van der Waals surface area contributed by atoms with Gasteiger partial charge >= 0.3 is 0 Å². The Balaban J connectivity index is 0.00000225. The van der Waals surface area contributed by atoms with Crippen molar-refractivity contribution in [3.05, 3.63) is 35.5 Å². The predicted molar refractivity (Wildman–Crippen MR) is 106 cm³/mol. The summed E-state index contributed by atoms with van der Waals surface area (Å²) in [5.74, 6) is 0.0985. The number of hydrogen-bond donors (Lipinski definition) is 1. The zero-order valence-corrected chi connectivity index (χ0v) is 16.6. The van der Waals surface area contributed by atoms with Crippen LogP contribution in [0.4, 0.5) is 0 Å². The Bertz CT molecular complexity index is 796. The van der Waals surface area contributed by atoms with E-state index in [1.807, 2.05) is 24.4 Å². The fourth-order valence-electron chi connectivity index (χ4n) is 3.31. The third kappa shape index (κ3) is 4.97. The molecule has 0 bridgehead atoms. The van der Waals surface area contributed by atoms with E-state index in [1.165, 1.54) is 5.56 Å². The average Bonchev–Trinajstić information content (AvgIpc) is 2.96. The van der Waals surface area contributed by atoms with Gasteiger partial charge in [-0.2, -0.15) is 0 Å². The molecule has 1 fully saturated rings. The van der Waals surface area contributed by atoms with Crippen LogP contribution in [0.25, 0.3) is 10.9 Å². The van der Waals surface area contributed by atoms with Crippen LogP contribution < -0.4 is 0 Å². The quantitative estimate of drug-likeness (QED) is 0.831. The summed E-state index contributed by atoms with van der Waals surface area (Å²) in [5, 5.41) is 1.14. The Hall–Kier alpha value is -1.08. The Labute approximate surface area is 156 Å². The van der Waals surface area contributed by atoms with Gasteiger partial charge in [-0.1, -0.05) is 12.5 Å². The summed E-state index contributed by atoms with van der Waals surface area (Å²) in [6.45, 7) is 2.31. The molecule has 0 saturated carbocycles. The van der Waals surface area contributed by atoms with E-state index in [0.29, 0.717) is 13.1 Å². The van der Waals surface area contributed by atoms with Crippen molar-refractivity contribution in [2.24, 2.45) is 0 Å². The number of benzene rings is 1. The lowest BCUT2D eigenvalue weighted by Crippen LogP contribution is -2.36. The predicted octanol–water partition coefficient (Wildman–Crippen LogP) is 3.01. The number of halogens is 1. The summed E-state index contributed by atoms with van der Waals surface area (Å²) < 4.78 is 26.9. The van der Waals surface area contributed by atoms with Crippen molar-refractivity contribution in [2.75, 3.05) is 33.7 Å². The Morgan fingerprint density at radius 1 is 1.16 bits per heavy atom. The van der Waals surface area contributed by atoms with Gasteiger partial charge in [-0.15, -0.1) is 12.4 Å². The van der Waals surface area contributed by atoms with Crippen molar-refractivity contribution < 1.29 is 8.42 Å². The summed E-state index contributed by atoms with van der Waals surface area (Å²) in [6, 6.07) is 5.96. The van der Waals surface area contributed by atoms with Crippen LogP contribution in [-0.2, 0) is 22.2 Å².